The lowest BCUT2D eigenvalue weighted by molar-refractivity contribution is 0.0697. The molecule has 3 nitrogen and oxygen atoms in total. The van der Waals surface area contributed by atoms with Gasteiger partial charge in [0.05, 0.1) is 16.3 Å². The number of hydrogen-bond acceptors (Lipinski definition) is 2. The summed E-state index contributed by atoms with van der Waals surface area (Å²) in [6.07, 6.45) is 0. The van der Waals surface area contributed by atoms with Crippen LogP contribution in [0.25, 0.3) is 0 Å². The quantitative estimate of drug-likeness (QED) is 0.888. The number of anilines is 1. The lowest BCUT2D eigenvalue weighted by Gasteiger charge is -2.10. The standard InChI is InChI=1S/C15H14ClNO2/c1-10-4-2-7-13(14(10)16)17-9-11-5-3-6-12(8-11)15(18)19/h2-8,17H,9H2,1H3,(H,18,19). The van der Waals surface area contributed by atoms with Gasteiger partial charge in [0.2, 0.25) is 0 Å². The smallest absolute Gasteiger partial charge is 0.335 e. The van der Waals surface area contributed by atoms with Crippen LogP contribution < -0.4 is 5.32 Å². The number of carboxylic acids is 1. The maximum atomic E-state index is 10.9. The first-order chi connectivity index (χ1) is 9.08. The van der Waals surface area contributed by atoms with Gasteiger partial charge < -0.3 is 10.4 Å². The van der Waals surface area contributed by atoms with Gasteiger partial charge in [-0.2, -0.15) is 0 Å². The summed E-state index contributed by atoms with van der Waals surface area (Å²) in [5.41, 5.74) is 3.04. The summed E-state index contributed by atoms with van der Waals surface area (Å²) in [5.74, 6) is -0.921. The molecule has 0 radical (unpaired) electrons. The molecular formula is C15H14ClNO2. The van der Waals surface area contributed by atoms with E-state index in [1.54, 1.807) is 18.2 Å². The highest BCUT2D eigenvalue weighted by Gasteiger charge is 2.05. The first kappa shape index (κ1) is 13.4. The molecule has 0 aliphatic heterocycles. The minimum absolute atomic E-state index is 0.287. The van der Waals surface area contributed by atoms with E-state index in [0.717, 1.165) is 16.8 Å². The molecule has 2 aromatic carbocycles. The van der Waals surface area contributed by atoms with Crippen molar-refractivity contribution in [3.63, 3.8) is 0 Å². The molecule has 98 valence electrons. The Kier molecular flexibility index (Phi) is 4.07. The fourth-order valence-corrected chi connectivity index (χ4v) is 1.99. The molecule has 0 bridgehead atoms. The second-order valence-electron chi connectivity index (χ2n) is 4.30. The van der Waals surface area contributed by atoms with Crippen molar-refractivity contribution in [2.45, 2.75) is 13.5 Å². The van der Waals surface area contributed by atoms with Crippen molar-refractivity contribution >= 4 is 23.3 Å². The lowest BCUT2D eigenvalue weighted by atomic mass is 10.1. The largest absolute Gasteiger partial charge is 0.478 e. The molecule has 2 aromatic rings. The molecule has 19 heavy (non-hydrogen) atoms. The van der Waals surface area contributed by atoms with Crippen molar-refractivity contribution in [2.75, 3.05) is 5.32 Å². The zero-order valence-corrected chi connectivity index (χ0v) is 11.2. The summed E-state index contributed by atoms with van der Waals surface area (Å²) < 4.78 is 0. The Bertz CT molecular complexity index is 611. The van der Waals surface area contributed by atoms with Crippen molar-refractivity contribution in [2.24, 2.45) is 0 Å². The predicted octanol–water partition coefficient (Wildman–Crippen LogP) is 3.96. The van der Waals surface area contributed by atoms with E-state index in [-0.39, 0.29) is 5.56 Å². The Morgan fingerprint density at radius 2 is 2.00 bits per heavy atom. The van der Waals surface area contributed by atoms with E-state index >= 15 is 0 Å². The average molecular weight is 276 g/mol. The molecule has 0 atom stereocenters. The summed E-state index contributed by atoms with van der Waals surface area (Å²) in [7, 11) is 0. The maximum Gasteiger partial charge on any atom is 0.335 e. The van der Waals surface area contributed by atoms with Gasteiger partial charge in [-0.25, -0.2) is 4.79 Å². The summed E-state index contributed by atoms with van der Waals surface area (Å²) in [6.45, 7) is 2.48. The number of carboxylic acid groups (broad SMARTS) is 1. The molecular weight excluding hydrogens is 262 g/mol. The van der Waals surface area contributed by atoms with Crippen LogP contribution in [0.5, 0.6) is 0 Å². The number of nitrogens with one attached hydrogen (secondary N) is 1. The molecule has 0 aliphatic carbocycles. The van der Waals surface area contributed by atoms with Crippen LogP contribution in [0.3, 0.4) is 0 Å². The topological polar surface area (TPSA) is 49.3 Å². The highest BCUT2D eigenvalue weighted by Crippen LogP contribution is 2.25. The van der Waals surface area contributed by atoms with E-state index in [0.29, 0.717) is 11.6 Å². The summed E-state index contributed by atoms with van der Waals surface area (Å²) in [4.78, 5) is 10.9. The number of hydrogen-bond donors (Lipinski definition) is 2. The Balaban J connectivity index is 2.12. The SMILES string of the molecule is Cc1cccc(NCc2cccc(C(=O)O)c2)c1Cl. The van der Waals surface area contributed by atoms with Gasteiger partial charge in [-0.3, -0.25) is 0 Å². The predicted molar refractivity (Wildman–Crippen MR) is 76.9 cm³/mol. The van der Waals surface area contributed by atoms with Crippen LogP contribution in [-0.4, -0.2) is 11.1 Å². The van der Waals surface area contributed by atoms with Crippen LogP contribution in [0.2, 0.25) is 5.02 Å². The van der Waals surface area contributed by atoms with Crippen molar-refractivity contribution in [1.29, 1.82) is 0 Å². The molecule has 0 saturated heterocycles. The molecule has 2 rings (SSSR count). The summed E-state index contributed by atoms with van der Waals surface area (Å²) in [5, 5.41) is 12.8. The molecule has 2 N–H and O–H groups in total. The van der Waals surface area contributed by atoms with E-state index in [4.69, 9.17) is 16.7 Å². The van der Waals surface area contributed by atoms with E-state index in [2.05, 4.69) is 5.32 Å². The Hall–Kier alpha value is -2.00. The van der Waals surface area contributed by atoms with Gasteiger partial charge in [0.1, 0.15) is 0 Å². The van der Waals surface area contributed by atoms with Gasteiger partial charge in [-0.15, -0.1) is 0 Å². The highest BCUT2D eigenvalue weighted by molar-refractivity contribution is 6.33. The third kappa shape index (κ3) is 3.26. The molecule has 0 amide bonds. The van der Waals surface area contributed by atoms with E-state index < -0.39 is 5.97 Å². The normalized spacial score (nSPS) is 10.2. The van der Waals surface area contributed by atoms with Gasteiger partial charge in [0.25, 0.3) is 0 Å². The molecule has 0 unspecified atom stereocenters. The van der Waals surface area contributed by atoms with Gasteiger partial charge >= 0.3 is 5.97 Å². The summed E-state index contributed by atoms with van der Waals surface area (Å²) >= 11 is 6.18. The van der Waals surface area contributed by atoms with Crippen LogP contribution in [0.1, 0.15) is 21.5 Å². The first-order valence-corrected chi connectivity index (χ1v) is 6.27. The summed E-state index contributed by atoms with van der Waals surface area (Å²) in [6, 6.07) is 12.6. The fraction of sp³-hybridized carbons (Fsp3) is 0.133. The second kappa shape index (κ2) is 5.76. The number of rotatable bonds is 4. The molecule has 0 heterocycles. The second-order valence-corrected chi connectivity index (χ2v) is 4.67. The molecule has 0 saturated carbocycles. The van der Waals surface area contributed by atoms with Crippen molar-refractivity contribution in [3.05, 3.63) is 64.2 Å². The molecule has 0 aromatic heterocycles. The van der Waals surface area contributed by atoms with Crippen LogP contribution in [0.15, 0.2) is 42.5 Å². The average Bonchev–Trinajstić information content (AvgIpc) is 2.41. The third-order valence-electron chi connectivity index (χ3n) is 2.85. The van der Waals surface area contributed by atoms with Gasteiger partial charge in [0.15, 0.2) is 0 Å². The number of carbonyl (C=O) groups is 1. The molecule has 0 aliphatic rings. The van der Waals surface area contributed by atoms with Crippen LogP contribution in [0, 0.1) is 6.92 Å². The minimum Gasteiger partial charge on any atom is -0.478 e. The minimum atomic E-state index is -0.921. The number of benzene rings is 2. The maximum absolute atomic E-state index is 10.9. The Morgan fingerprint density at radius 1 is 1.26 bits per heavy atom. The molecule has 0 spiro atoms. The van der Waals surface area contributed by atoms with Gasteiger partial charge in [-0.05, 0) is 36.2 Å². The van der Waals surface area contributed by atoms with E-state index in [1.807, 2.05) is 31.2 Å². The Morgan fingerprint density at radius 3 is 2.74 bits per heavy atom. The number of halogens is 1. The monoisotopic (exact) mass is 275 g/mol. The highest BCUT2D eigenvalue weighted by atomic mass is 35.5. The fourth-order valence-electron chi connectivity index (χ4n) is 1.80. The number of aryl methyl sites for hydroxylation is 1. The van der Waals surface area contributed by atoms with Crippen LogP contribution in [0.4, 0.5) is 5.69 Å². The Labute approximate surface area is 116 Å². The number of aromatic carboxylic acids is 1. The zero-order valence-electron chi connectivity index (χ0n) is 10.5. The first-order valence-electron chi connectivity index (χ1n) is 5.89. The van der Waals surface area contributed by atoms with E-state index in [9.17, 15) is 4.79 Å². The zero-order chi connectivity index (χ0) is 13.8. The van der Waals surface area contributed by atoms with Gasteiger partial charge in [0, 0.05) is 6.54 Å². The lowest BCUT2D eigenvalue weighted by Crippen LogP contribution is -2.03. The van der Waals surface area contributed by atoms with Crippen molar-refractivity contribution in [1.82, 2.24) is 0 Å². The van der Waals surface area contributed by atoms with Crippen molar-refractivity contribution in [3.8, 4) is 0 Å². The van der Waals surface area contributed by atoms with Gasteiger partial charge in [-0.1, -0.05) is 35.9 Å². The van der Waals surface area contributed by atoms with Crippen LogP contribution in [-0.2, 0) is 6.54 Å². The van der Waals surface area contributed by atoms with Crippen molar-refractivity contribution < 1.29 is 9.90 Å². The molecule has 0 fully saturated rings. The van der Waals surface area contributed by atoms with E-state index in [1.165, 1.54) is 0 Å². The third-order valence-corrected chi connectivity index (χ3v) is 3.35. The van der Waals surface area contributed by atoms with Crippen LogP contribution >= 0.6 is 11.6 Å². The molecule has 4 heteroatoms.